The lowest BCUT2D eigenvalue weighted by molar-refractivity contribution is -0.385. The smallest absolute Gasteiger partial charge is 0.315 e. The van der Waals surface area contributed by atoms with Crippen LogP contribution >= 0.6 is 15.9 Å². The van der Waals surface area contributed by atoms with Crippen molar-refractivity contribution in [2.24, 2.45) is 0 Å². The van der Waals surface area contributed by atoms with E-state index in [1.165, 1.54) is 19.2 Å². The molecule has 0 saturated heterocycles. The van der Waals surface area contributed by atoms with Crippen LogP contribution in [0.25, 0.3) is 0 Å². The number of hydrogen-bond acceptors (Lipinski definition) is 5. The lowest BCUT2D eigenvalue weighted by Gasteiger charge is -2.08. The average molecular weight is 339 g/mol. The SMILES string of the molecule is COc1ccc(Oc2cc(C)c(Br)cn2)c([N+](=O)[O-])c1. The van der Waals surface area contributed by atoms with E-state index in [2.05, 4.69) is 20.9 Å². The van der Waals surface area contributed by atoms with E-state index >= 15 is 0 Å². The van der Waals surface area contributed by atoms with Crippen LogP contribution in [0.2, 0.25) is 0 Å². The molecule has 20 heavy (non-hydrogen) atoms. The minimum atomic E-state index is -0.524. The first-order chi connectivity index (χ1) is 9.51. The summed E-state index contributed by atoms with van der Waals surface area (Å²) in [7, 11) is 1.44. The van der Waals surface area contributed by atoms with Crippen LogP contribution in [-0.2, 0) is 0 Å². The van der Waals surface area contributed by atoms with Crippen LogP contribution in [0.15, 0.2) is 34.9 Å². The van der Waals surface area contributed by atoms with Crippen molar-refractivity contribution in [3.8, 4) is 17.4 Å². The first-order valence-electron chi connectivity index (χ1n) is 5.63. The van der Waals surface area contributed by atoms with Gasteiger partial charge in [0, 0.05) is 16.7 Å². The molecule has 0 unspecified atom stereocenters. The van der Waals surface area contributed by atoms with Crippen LogP contribution in [0.1, 0.15) is 5.56 Å². The number of methoxy groups -OCH3 is 1. The Kier molecular flexibility index (Phi) is 4.19. The van der Waals surface area contributed by atoms with E-state index in [9.17, 15) is 10.1 Å². The van der Waals surface area contributed by atoms with Crippen LogP contribution in [0.4, 0.5) is 5.69 Å². The van der Waals surface area contributed by atoms with Gasteiger partial charge in [-0.05, 0) is 40.5 Å². The van der Waals surface area contributed by atoms with Gasteiger partial charge in [-0.3, -0.25) is 10.1 Å². The molecular weight excluding hydrogens is 328 g/mol. The molecule has 0 atom stereocenters. The highest BCUT2D eigenvalue weighted by atomic mass is 79.9. The predicted octanol–water partition coefficient (Wildman–Crippen LogP) is 3.86. The molecule has 0 amide bonds. The number of benzene rings is 1. The van der Waals surface area contributed by atoms with Crippen molar-refractivity contribution >= 4 is 21.6 Å². The van der Waals surface area contributed by atoms with Gasteiger partial charge in [0.2, 0.25) is 11.6 Å². The fraction of sp³-hybridized carbons (Fsp3) is 0.154. The van der Waals surface area contributed by atoms with Gasteiger partial charge in [0.05, 0.1) is 18.1 Å². The molecule has 2 aromatic rings. The summed E-state index contributed by atoms with van der Waals surface area (Å²) in [5.41, 5.74) is 0.748. The third-order valence-electron chi connectivity index (χ3n) is 2.60. The summed E-state index contributed by atoms with van der Waals surface area (Å²) < 4.78 is 11.3. The van der Waals surface area contributed by atoms with Gasteiger partial charge in [-0.25, -0.2) is 4.98 Å². The second kappa shape index (κ2) is 5.87. The summed E-state index contributed by atoms with van der Waals surface area (Å²) >= 11 is 3.33. The highest BCUT2D eigenvalue weighted by Crippen LogP contribution is 2.34. The molecule has 0 bridgehead atoms. The molecule has 0 aliphatic rings. The van der Waals surface area contributed by atoms with Crippen molar-refractivity contribution in [2.45, 2.75) is 6.92 Å². The van der Waals surface area contributed by atoms with Gasteiger partial charge in [0.15, 0.2) is 0 Å². The molecule has 1 aromatic carbocycles. The number of nitro benzene ring substituents is 1. The Balaban J connectivity index is 2.37. The maximum absolute atomic E-state index is 11.0. The Morgan fingerprint density at radius 3 is 2.70 bits per heavy atom. The highest BCUT2D eigenvalue weighted by Gasteiger charge is 2.17. The van der Waals surface area contributed by atoms with Crippen LogP contribution in [0, 0.1) is 17.0 Å². The molecule has 1 aromatic heterocycles. The van der Waals surface area contributed by atoms with E-state index in [4.69, 9.17) is 9.47 Å². The molecule has 104 valence electrons. The van der Waals surface area contributed by atoms with Crippen molar-refractivity contribution in [2.75, 3.05) is 7.11 Å². The minimum absolute atomic E-state index is 0.116. The number of halogens is 1. The zero-order valence-electron chi connectivity index (χ0n) is 10.8. The van der Waals surface area contributed by atoms with Crippen LogP contribution in [0.3, 0.4) is 0 Å². The largest absolute Gasteiger partial charge is 0.496 e. The van der Waals surface area contributed by atoms with Crippen LogP contribution < -0.4 is 9.47 Å². The third kappa shape index (κ3) is 3.05. The third-order valence-corrected chi connectivity index (χ3v) is 3.43. The van der Waals surface area contributed by atoms with Gasteiger partial charge in [-0.15, -0.1) is 0 Å². The fourth-order valence-corrected chi connectivity index (χ4v) is 1.75. The van der Waals surface area contributed by atoms with E-state index in [0.29, 0.717) is 11.6 Å². The van der Waals surface area contributed by atoms with Gasteiger partial charge >= 0.3 is 5.69 Å². The van der Waals surface area contributed by atoms with Crippen molar-refractivity contribution in [1.82, 2.24) is 4.98 Å². The molecule has 6 nitrogen and oxygen atoms in total. The number of aromatic nitrogens is 1. The normalized spacial score (nSPS) is 10.2. The average Bonchev–Trinajstić information content (AvgIpc) is 2.43. The summed E-state index contributed by atoms with van der Waals surface area (Å²) in [5.74, 6) is 0.799. The number of hydrogen-bond donors (Lipinski definition) is 0. The lowest BCUT2D eigenvalue weighted by atomic mass is 10.2. The Labute approximate surface area is 123 Å². The van der Waals surface area contributed by atoms with E-state index in [-0.39, 0.29) is 11.4 Å². The van der Waals surface area contributed by atoms with E-state index in [1.807, 2.05) is 6.92 Å². The van der Waals surface area contributed by atoms with E-state index in [1.54, 1.807) is 18.3 Å². The fourth-order valence-electron chi connectivity index (χ4n) is 1.54. The zero-order valence-corrected chi connectivity index (χ0v) is 12.4. The monoisotopic (exact) mass is 338 g/mol. The lowest BCUT2D eigenvalue weighted by Crippen LogP contribution is -1.96. The van der Waals surface area contributed by atoms with Gasteiger partial charge in [0.1, 0.15) is 5.75 Å². The molecule has 0 N–H and O–H groups in total. The molecule has 7 heteroatoms. The number of rotatable bonds is 4. The second-order valence-electron chi connectivity index (χ2n) is 3.96. The van der Waals surface area contributed by atoms with Crippen molar-refractivity contribution in [3.05, 3.63) is 50.6 Å². The quantitative estimate of drug-likeness (QED) is 0.625. The zero-order chi connectivity index (χ0) is 14.7. The summed E-state index contributed by atoms with van der Waals surface area (Å²) in [6.07, 6.45) is 1.58. The Hall–Kier alpha value is -2.15. The number of pyridine rings is 1. The van der Waals surface area contributed by atoms with Gasteiger partial charge in [0.25, 0.3) is 0 Å². The van der Waals surface area contributed by atoms with Crippen molar-refractivity contribution < 1.29 is 14.4 Å². The standard InChI is InChI=1S/C13H11BrN2O4/c1-8-5-13(15-7-10(8)14)20-12-4-3-9(19-2)6-11(12)16(17)18/h3-7H,1-2H3. The van der Waals surface area contributed by atoms with Gasteiger partial charge < -0.3 is 9.47 Å². The molecule has 1 heterocycles. The molecule has 0 aliphatic carbocycles. The predicted molar refractivity (Wildman–Crippen MR) is 76.4 cm³/mol. The Bertz CT molecular complexity index is 661. The summed E-state index contributed by atoms with van der Waals surface area (Å²) in [5, 5.41) is 11.0. The van der Waals surface area contributed by atoms with Gasteiger partial charge in [-0.1, -0.05) is 0 Å². The van der Waals surface area contributed by atoms with E-state index in [0.717, 1.165) is 10.0 Å². The molecule has 0 fully saturated rings. The van der Waals surface area contributed by atoms with E-state index < -0.39 is 4.92 Å². The first kappa shape index (κ1) is 14.3. The molecule has 0 aliphatic heterocycles. The maximum Gasteiger partial charge on any atom is 0.315 e. The molecule has 0 radical (unpaired) electrons. The number of nitro groups is 1. The molecular formula is C13H11BrN2O4. The second-order valence-corrected chi connectivity index (χ2v) is 4.82. The van der Waals surface area contributed by atoms with Crippen LogP contribution in [-0.4, -0.2) is 17.0 Å². The Morgan fingerprint density at radius 2 is 2.10 bits per heavy atom. The molecule has 0 spiro atoms. The summed E-state index contributed by atoms with van der Waals surface area (Å²) in [6.45, 7) is 1.88. The number of aryl methyl sites for hydroxylation is 1. The maximum atomic E-state index is 11.0. The Morgan fingerprint density at radius 1 is 1.35 bits per heavy atom. The topological polar surface area (TPSA) is 74.5 Å². The first-order valence-corrected chi connectivity index (χ1v) is 6.43. The minimum Gasteiger partial charge on any atom is -0.496 e. The molecule has 0 saturated carbocycles. The van der Waals surface area contributed by atoms with Crippen molar-refractivity contribution in [3.63, 3.8) is 0 Å². The summed E-state index contributed by atoms with van der Waals surface area (Å²) in [4.78, 5) is 14.6. The number of nitrogens with zero attached hydrogens (tertiary/aromatic N) is 2. The highest BCUT2D eigenvalue weighted by molar-refractivity contribution is 9.10. The number of ether oxygens (including phenoxy) is 2. The van der Waals surface area contributed by atoms with Gasteiger partial charge in [-0.2, -0.15) is 0 Å². The van der Waals surface area contributed by atoms with Crippen molar-refractivity contribution in [1.29, 1.82) is 0 Å². The summed E-state index contributed by atoms with van der Waals surface area (Å²) in [6, 6.07) is 6.07. The van der Waals surface area contributed by atoms with Crippen LogP contribution in [0.5, 0.6) is 17.4 Å². The molecule has 2 rings (SSSR count).